The van der Waals surface area contributed by atoms with Crippen molar-refractivity contribution in [1.29, 1.82) is 0 Å². The Hall–Kier alpha value is -4.18. The summed E-state index contributed by atoms with van der Waals surface area (Å²) >= 11 is 0. The summed E-state index contributed by atoms with van der Waals surface area (Å²) in [5.41, 5.74) is 8.16. The number of nitrogens with zero attached hydrogens (tertiary/aromatic N) is 2. The van der Waals surface area contributed by atoms with Gasteiger partial charge in [-0.2, -0.15) is 0 Å². The second-order valence-electron chi connectivity index (χ2n) is 7.36. The van der Waals surface area contributed by atoms with Crippen molar-refractivity contribution in [2.45, 2.75) is 6.92 Å². The molecule has 0 saturated heterocycles. The van der Waals surface area contributed by atoms with Gasteiger partial charge in [0.05, 0.1) is 0 Å². The lowest BCUT2D eigenvalue weighted by atomic mass is 10.0. The lowest BCUT2D eigenvalue weighted by Gasteiger charge is -2.09. The summed E-state index contributed by atoms with van der Waals surface area (Å²) in [4.78, 5) is 4.22. The van der Waals surface area contributed by atoms with Gasteiger partial charge in [0.2, 0.25) is 0 Å². The van der Waals surface area contributed by atoms with Gasteiger partial charge in [-0.1, -0.05) is 78.0 Å². The molecular weight excluding hydrogens is 382 g/mol. The fraction of sp³-hybridized carbons (Fsp3) is 0.0370. The first-order valence-corrected chi connectivity index (χ1v) is 10.2. The summed E-state index contributed by atoms with van der Waals surface area (Å²) in [5.74, 6) is 0.726. The van der Waals surface area contributed by atoms with Crippen LogP contribution in [0.4, 0.5) is 11.4 Å². The predicted octanol–water partition coefficient (Wildman–Crippen LogP) is 7.12. The van der Waals surface area contributed by atoms with Crippen LogP contribution in [0.2, 0.25) is 0 Å². The smallest absolute Gasteiger partial charge is 0.190 e. The summed E-state index contributed by atoms with van der Waals surface area (Å²) in [5, 5.41) is 7.70. The van der Waals surface area contributed by atoms with Gasteiger partial charge in [0.15, 0.2) is 5.76 Å². The van der Waals surface area contributed by atoms with Gasteiger partial charge in [0, 0.05) is 29.2 Å². The van der Waals surface area contributed by atoms with Gasteiger partial charge in [-0.3, -0.25) is 4.98 Å². The van der Waals surface area contributed by atoms with Crippen LogP contribution in [-0.4, -0.2) is 10.1 Å². The molecule has 1 N–H and O–H groups in total. The van der Waals surface area contributed by atoms with Crippen molar-refractivity contribution in [1.82, 2.24) is 10.1 Å². The third kappa shape index (κ3) is 3.96. The van der Waals surface area contributed by atoms with Gasteiger partial charge in [-0.25, -0.2) is 0 Å². The van der Waals surface area contributed by atoms with E-state index in [9.17, 15) is 0 Å². The molecule has 0 aliphatic heterocycles. The number of pyridine rings is 1. The van der Waals surface area contributed by atoms with E-state index >= 15 is 0 Å². The van der Waals surface area contributed by atoms with Gasteiger partial charge in [-0.05, 0) is 41.8 Å². The van der Waals surface area contributed by atoms with E-state index in [0.29, 0.717) is 0 Å². The van der Waals surface area contributed by atoms with Crippen molar-refractivity contribution in [2.75, 3.05) is 5.32 Å². The molecule has 2 aromatic heterocycles. The van der Waals surface area contributed by atoms with Crippen molar-refractivity contribution in [3.63, 3.8) is 0 Å². The Morgan fingerprint density at radius 2 is 1.39 bits per heavy atom. The van der Waals surface area contributed by atoms with E-state index in [-0.39, 0.29) is 0 Å². The average molecular weight is 403 g/mol. The molecule has 0 amide bonds. The molecule has 0 spiro atoms. The maximum atomic E-state index is 5.69. The summed E-state index contributed by atoms with van der Waals surface area (Å²) in [6.07, 6.45) is 3.64. The molecule has 0 unspecified atom stereocenters. The molecular formula is C27H21N3O. The topological polar surface area (TPSA) is 51.0 Å². The van der Waals surface area contributed by atoms with E-state index in [0.717, 1.165) is 39.5 Å². The predicted molar refractivity (Wildman–Crippen MR) is 125 cm³/mol. The van der Waals surface area contributed by atoms with Crippen LogP contribution < -0.4 is 5.32 Å². The molecule has 5 rings (SSSR count). The first-order chi connectivity index (χ1) is 15.3. The first kappa shape index (κ1) is 18.8. The Morgan fingerprint density at radius 3 is 2.16 bits per heavy atom. The fourth-order valence-electron chi connectivity index (χ4n) is 3.61. The van der Waals surface area contributed by atoms with Crippen LogP contribution in [0.3, 0.4) is 0 Å². The fourth-order valence-corrected chi connectivity index (χ4v) is 3.61. The molecule has 0 fully saturated rings. The molecule has 150 valence electrons. The molecule has 0 atom stereocenters. The van der Waals surface area contributed by atoms with Crippen LogP contribution in [0.5, 0.6) is 0 Å². The normalized spacial score (nSPS) is 10.7. The van der Waals surface area contributed by atoms with Crippen LogP contribution >= 0.6 is 0 Å². The molecule has 3 aromatic carbocycles. The van der Waals surface area contributed by atoms with Crippen molar-refractivity contribution in [2.24, 2.45) is 0 Å². The molecule has 0 aliphatic rings. The van der Waals surface area contributed by atoms with E-state index in [1.54, 1.807) is 6.20 Å². The molecule has 4 nitrogen and oxygen atoms in total. The maximum Gasteiger partial charge on any atom is 0.190 e. The van der Waals surface area contributed by atoms with E-state index < -0.39 is 0 Å². The lowest BCUT2D eigenvalue weighted by molar-refractivity contribution is 0.427. The van der Waals surface area contributed by atoms with Crippen molar-refractivity contribution >= 4 is 11.4 Å². The number of aryl methyl sites for hydroxylation is 1. The highest BCUT2D eigenvalue weighted by Crippen LogP contribution is 2.35. The number of aromatic nitrogens is 2. The van der Waals surface area contributed by atoms with Crippen LogP contribution in [0, 0.1) is 6.92 Å². The van der Waals surface area contributed by atoms with Crippen molar-refractivity contribution < 1.29 is 4.52 Å². The SMILES string of the molecule is Cc1noc(-c2ccc(-c3ccccc3)cc2)c1Nc1cccc(-c2cccnc2)c1. The zero-order valence-corrected chi connectivity index (χ0v) is 17.1. The van der Waals surface area contributed by atoms with E-state index in [2.05, 4.69) is 70.1 Å². The molecule has 31 heavy (non-hydrogen) atoms. The van der Waals surface area contributed by atoms with Crippen LogP contribution in [0.15, 0.2) is 108 Å². The summed E-state index contributed by atoms with van der Waals surface area (Å²) in [6.45, 7) is 1.94. The van der Waals surface area contributed by atoms with E-state index in [1.165, 1.54) is 11.1 Å². The highest BCUT2D eigenvalue weighted by molar-refractivity contribution is 5.81. The first-order valence-electron chi connectivity index (χ1n) is 10.2. The largest absolute Gasteiger partial charge is 0.354 e. The Bertz CT molecular complexity index is 1290. The number of benzene rings is 3. The average Bonchev–Trinajstić information content (AvgIpc) is 3.20. The molecule has 0 bridgehead atoms. The highest BCUT2D eigenvalue weighted by atomic mass is 16.5. The third-order valence-corrected chi connectivity index (χ3v) is 5.24. The molecule has 0 aliphatic carbocycles. The zero-order valence-electron chi connectivity index (χ0n) is 17.1. The Morgan fingerprint density at radius 1 is 0.677 bits per heavy atom. The number of hydrogen-bond donors (Lipinski definition) is 1. The summed E-state index contributed by atoms with van der Waals surface area (Å²) in [6, 6.07) is 30.9. The minimum atomic E-state index is 0.726. The van der Waals surface area contributed by atoms with E-state index in [1.807, 2.05) is 49.5 Å². The van der Waals surface area contributed by atoms with Gasteiger partial charge < -0.3 is 9.84 Å². The highest BCUT2D eigenvalue weighted by Gasteiger charge is 2.16. The zero-order chi connectivity index (χ0) is 21.0. The summed E-state index contributed by atoms with van der Waals surface area (Å²) < 4.78 is 5.69. The van der Waals surface area contributed by atoms with Gasteiger partial charge >= 0.3 is 0 Å². The maximum absolute atomic E-state index is 5.69. The molecule has 0 radical (unpaired) electrons. The number of nitrogens with one attached hydrogen (secondary N) is 1. The van der Waals surface area contributed by atoms with Gasteiger partial charge in [-0.15, -0.1) is 0 Å². The van der Waals surface area contributed by atoms with Crippen molar-refractivity contribution in [3.05, 3.63) is 109 Å². The van der Waals surface area contributed by atoms with E-state index in [4.69, 9.17) is 4.52 Å². The van der Waals surface area contributed by atoms with Crippen LogP contribution in [-0.2, 0) is 0 Å². The molecule has 2 heterocycles. The van der Waals surface area contributed by atoms with Crippen LogP contribution in [0.1, 0.15) is 5.69 Å². The Balaban J connectivity index is 1.45. The second kappa shape index (κ2) is 8.28. The number of rotatable bonds is 5. The second-order valence-corrected chi connectivity index (χ2v) is 7.36. The third-order valence-electron chi connectivity index (χ3n) is 5.24. The standard InChI is InChI=1S/C27H21N3O/c1-19-26(29-25-11-5-9-23(17-25)24-10-6-16-28-18-24)27(31-30-19)22-14-12-21(13-15-22)20-7-3-2-4-8-20/h2-18,29H,1H3. The summed E-state index contributed by atoms with van der Waals surface area (Å²) in [7, 11) is 0. The van der Waals surface area contributed by atoms with Crippen LogP contribution in [0.25, 0.3) is 33.6 Å². The Labute approximate surface area is 181 Å². The number of hydrogen-bond acceptors (Lipinski definition) is 4. The monoisotopic (exact) mass is 403 g/mol. The quantitative estimate of drug-likeness (QED) is 0.339. The number of anilines is 2. The lowest BCUT2D eigenvalue weighted by Crippen LogP contribution is -1.93. The molecule has 0 saturated carbocycles. The van der Waals surface area contributed by atoms with Gasteiger partial charge in [0.25, 0.3) is 0 Å². The minimum absolute atomic E-state index is 0.726. The molecule has 5 aromatic rings. The minimum Gasteiger partial charge on any atom is -0.354 e. The molecule has 4 heteroatoms. The van der Waals surface area contributed by atoms with Gasteiger partial charge in [0.1, 0.15) is 11.4 Å². The Kier molecular flexibility index (Phi) is 5.03. The van der Waals surface area contributed by atoms with Crippen molar-refractivity contribution in [3.8, 4) is 33.6 Å².